The standard InChI is InChI=1S/C36H66N12O12S2/c1-18(2)12-23(34(57)42-19(3)29(52)48-26(17-62)36(59)60)46-33(56)22(9-5-7-11-38)44-35(58)25(15-49)47-32(55)21(8-4-6-10-37)43-28(51)14-41-31(54)24(13-27(40)50)45-30(53)20(39)16-61/h18-26,49,61-62H,4-17,37-39H2,1-3H3,(H2,40,50)(H,41,54)(H,42,57)(H,43,51)(H,44,58)(H,45,53)(H,46,56)(H,47,55)(H,48,52)(H,59,60)/t19-,20-,21-,22-,23-,24-,25-,26-/m0/s1. The number of thiol groups is 2. The molecule has 0 saturated carbocycles. The molecular weight excluding hydrogens is 857 g/mol. The summed E-state index contributed by atoms with van der Waals surface area (Å²) in [5.41, 5.74) is 22.0. The number of aliphatic hydroxyl groups is 1. The molecule has 0 heterocycles. The molecule has 0 aromatic rings. The van der Waals surface area contributed by atoms with Crippen LogP contribution >= 0.6 is 25.3 Å². The maximum atomic E-state index is 13.7. The molecule has 0 aliphatic carbocycles. The molecular formula is C36H66N12O12S2. The monoisotopic (exact) mass is 922 g/mol. The number of carboxylic acid groups (broad SMARTS) is 1. The van der Waals surface area contributed by atoms with Crippen LogP contribution in [-0.4, -0.2) is 155 Å². The molecule has 0 radical (unpaired) electrons. The van der Waals surface area contributed by atoms with Crippen LogP contribution in [-0.2, 0) is 47.9 Å². The van der Waals surface area contributed by atoms with E-state index in [-0.39, 0.29) is 49.8 Å². The number of hydrogen-bond acceptors (Lipinski definition) is 16. The van der Waals surface area contributed by atoms with Crippen LogP contribution in [0.1, 0.15) is 72.1 Å². The molecule has 0 saturated heterocycles. The lowest BCUT2D eigenvalue weighted by Crippen LogP contribution is -2.60. The van der Waals surface area contributed by atoms with Gasteiger partial charge in [-0.3, -0.25) is 43.2 Å². The Bertz CT molecular complexity index is 1530. The number of nitrogens with two attached hydrogens (primary N) is 4. The summed E-state index contributed by atoms with van der Waals surface area (Å²) in [7, 11) is 0. The Morgan fingerprint density at radius 2 is 1.03 bits per heavy atom. The number of carbonyl (C=O) groups is 10. The highest BCUT2D eigenvalue weighted by molar-refractivity contribution is 7.80. The van der Waals surface area contributed by atoms with E-state index >= 15 is 0 Å². The molecule has 9 amide bonds. The fourth-order valence-corrected chi connectivity index (χ4v) is 5.82. The Morgan fingerprint density at radius 1 is 0.565 bits per heavy atom. The van der Waals surface area contributed by atoms with Crippen LogP contribution in [0.25, 0.3) is 0 Å². The number of rotatable bonds is 32. The first-order chi connectivity index (χ1) is 29.1. The lowest BCUT2D eigenvalue weighted by atomic mass is 10.0. The van der Waals surface area contributed by atoms with Gasteiger partial charge in [-0.05, 0) is 70.9 Å². The minimum absolute atomic E-state index is 0.00347. The number of unbranched alkanes of at least 4 members (excludes halogenated alkanes) is 2. The van der Waals surface area contributed by atoms with Gasteiger partial charge in [-0.25, -0.2) is 4.79 Å². The van der Waals surface area contributed by atoms with Gasteiger partial charge in [0.25, 0.3) is 0 Å². The summed E-state index contributed by atoms with van der Waals surface area (Å²) in [5.74, 6) is -9.67. The van der Waals surface area contributed by atoms with E-state index in [0.29, 0.717) is 25.7 Å². The SMILES string of the molecule is CC(C)C[C@H](NC(=O)[C@H](CCCCN)NC(=O)[C@H](CO)NC(=O)[C@H](CCCCN)NC(=O)CNC(=O)[C@H](CC(N)=O)NC(=O)[C@@H](N)CS)C(=O)N[C@@H](C)C(=O)N[C@@H](CS)C(=O)O. The Labute approximate surface area is 371 Å². The lowest BCUT2D eigenvalue weighted by molar-refractivity contribution is -0.141. The summed E-state index contributed by atoms with van der Waals surface area (Å²) in [6.07, 6.45) is 1.04. The molecule has 24 nitrogen and oxygen atoms in total. The number of aliphatic hydroxyl groups excluding tert-OH is 1. The third-order valence-corrected chi connectivity index (χ3v) is 9.64. The molecule has 0 aromatic heterocycles. The zero-order valence-corrected chi connectivity index (χ0v) is 37.1. The highest BCUT2D eigenvalue weighted by atomic mass is 32.1. The topological polar surface area (TPSA) is 411 Å². The second kappa shape index (κ2) is 31.1. The summed E-state index contributed by atoms with van der Waals surface area (Å²) in [5, 5.41) is 38.5. The average molecular weight is 923 g/mol. The molecule has 0 spiro atoms. The number of carbonyl (C=O) groups excluding carboxylic acids is 9. The van der Waals surface area contributed by atoms with E-state index in [4.69, 9.17) is 22.9 Å². The summed E-state index contributed by atoms with van der Waals surface area (Å²) >= 11 is 7.81. The first kappa shape index (κ1) is 57.2. The third-order valence-electron chi connectivity index (χ3n) is 8.88. The summed E-state index contributed by atoms with van der Waals surface area (Å²) in [4.78, 5) is 127. The molecule has 0 aliphatic rings. The Kier molecular flexibility index (Phi) is 28.7. The van der Waals surface area contributed by atoms with Crippen LogP contribution in [0, 0.1) is 5.92 Å². The van der Waals surface area contributed by atoms with E-state index in [1.54, 1.807) is 13.8 Å². The minimum Gasteiger partial charge on any atom is -0.480 e. The second-order valence-corrected chi connectivity index (χ2v) is 15.5. The quantitative estimate of drug-likeness (QED) is 0.0221. The highest BCUT2D eigenvalue weighted by Crippen LogP contribution is 2.09. The van der Waals surface area contributed by atoms with Crippen LogP contribution in [0.4, 0.5) is 0 Å². The predicted molar refractivity (Wildman–Crippen MR) is 232 cm³/mol. The second-order valence-electron chi connectivity index (χ2n) is 14.7. The van der Waals surface area contributed by atoms with Gasteiger partial charge in [0, 0.05) is 11.5 Å². The van der Waals surface area contributed by atoms with Gasteiger partial charge < -0.3 is 75.7 Å². The molecule has 0 fully saturated rings. The van der Waals surface area contributed by atoms with Crippen molar-refractivity contribution in [3.8, 4) is 0 Å². The molecule has 26 heteroatoms. The number of hydrogen-bond donors (Lipinski definition) is 16. The predicted octanol–water partition coefficient (Wildman–Crippen LogP) is -6.04. The van der Waals surface area contributed by atoms with Crippen molar-refractivity contribution in [2.24, 2.45) is 28.9 Å². The van der Waals surface area contributed by atoms with Crippen LogP contribution in [0.2, 0.25) is 0 Å². The van der Waals surface area contributed by atoms with Crippen molar-refractivity contribution in [3.63, 3.8) is 0 Å². The van der Waals surface area contributed by atoms with Crippen LogP contribution < -0.4 is 65.5 Å². The first-order valence-electron chi connectivity index (χ1n) is 20.0. The van der Waals surface area contributed by atoms with Crippen LogP contribution in [0.5, 0.6) is 0 Å². The van der Waals surface area contributed by atoms with Gasteiger partial charge in [0.2, 0.25) is 53.2 Å². The van der Waals surface area contributed by atoms with Gasteiger partial charge >= 0.3 is 5.97 Å². The van der Waals surface area contributed by atoms with E-state index in [1.165, 1.54) is 6.92 Å². The van der Waals surface area contributed by atoms with E-state index in [2.05, 4.69) is 67.8 Å². The van der Waals surface area contributed by atoms with Crippen molar-refractivity contribution < 1.29 is 58.2 Å². The van der Waals surface area contributed by atoms with Crippen molar-refractivity contribution in [1.29, 1.82) is 0 Å². The number of primary amides is 1. The smallest absolute Gasteiger partial charge is 0.327 e. The van der Waals surface area contributed by atoms with Crippen molar-refractivity contribution in [2.75, 3.05) is 37.7 Å². The Balaban J connectivity index is 6.02. The van der Waals surface area contributed by atoms with Gasteiger partial charge in [-0.15, -0.1) is 0 Å². The van der Waals surface area contributed by atoms with Crippen LogP contribution in [0.3, 0.4) is 0 Å². The zero-order valence-electron chi connectivity index (χ0n) is 35.3. The summed E-state index contributed by atoms with van der Waals surface area (Å²) < 4.78 is 0. The molecule has 0 bridgehead atoms. The van der Waals surface area contributed by atoms with Gasteiger partial charge in [-0.1, -0.05) is 13.8 Å². The molecule has 8 atom stereocenters. The highest BCUT2D eigenvalue weighted by Gasteiger charge is 2.33. The molecule has 0 unspecified atom stereocenters. The first-order valence-corrected chi connectivity index (χ1v) is 21.3. The van der Waals surface area contributed by atoms with E-state index < -0.39 is 127 Å². The average Bonchev–Trinajstić information content (AvgIpc) is 3.21. The van der Waals surface area contributed by atoms with E-state index in [0.717, 1.165) is 0 Å². The molecule has 0 aromatic carbocycles. The van der Waals surface area contributed by atoms with Crippen molar-refractivity contribution in [2.45, 2.75) is 120 Å². The number of carboxylic acids is 1. The van der Waals surface area contributed by atoms with E-state index in [1.807, 2.05) is 0 Å². The summed E-state index contributed by atoms with van der Waals surface area (Å²) in [6, 6.07) is -10.6. The van der Waals surface area contributed by atoms with Gasteiger partial charge in [-0.2, -0.15) is 25.3 Å². The summed E-state index contributed by atoms with van der Waals surface area (Å²) in [6.45, 7) is 3.69. The van der Waals surface area contributed by atoms with E-state index in [9.17, 15) is 58.2 Å². The van der Waals surface area contributed by atoms with Gasteiger partial charge in [0.05, 0.1) is 25.6 Å². The van der Waals surface area contributed by atoms with Gasteiger partial charge in [0.1, 0.15) is 42.3 Å². The maximum absolute atomic E-state index is 13.7. The largest absolute Gasteiger partial charge is 0.480 e. The molecule has 0 aliphatic heterocycles. The fourth-order valence-electron chi connectivity index (χ4n) is 5.41. The minimum atomic E-state index is -1.65. The van der Waals surface area contributed by atoms with Gasteiger partial charge in [0.15, 0.2) is 0 Å². The maximum Gasteiger partial charge on any atom is 0.327 e. The zero-order chi connectivity index (χ0) is 47.5. The van der Waals surface area contributed by atoms with Crippen molar-refractivity contribution in [3.05, 3.63) is 0 Å². The Morgan fingerprint density at radius 3 is 1.50 bits per heavy atom. The number of nitrogens with one attached hydrogen (secondary N) is 8. The molecule has 0 rings (SSSR count). The Hall–Kier alpha value is -4.76. The molecule has 62 heavy (non-hydrogen) atoms. The number of aliphatic carboxylic acids is 1. The normalized spacial score (nSPS) is 14.9. The fraction of sp³-hybridized carbons (Fsp3) is 0.722. The lowest BCUT2D eigenvalue weighted by Gasteiger charge is -2.27. The molecule has 18 N–H and O–H groups in total. The molecule has 354 valence electrons. The van der Waals surface area contributed by atoms with Crippen molar-refractivity contribution >= 4 is 84.4 Å². The van der Waals surface area contributed by atoms with Crippen molar-refractivity contribution in [1.82, 2.24) is 42.5 Å². The van der Waals surface area contributed by atoms with Crippen LogP contribution in [0.15, 0.2) is 0 Å². The number of amides is 9. The third kappa shape index (κ3) is 22.9.